The molecule has 0 spiro atoms. The second-order valence-electron chi connectivity index (χ2n) is 7.86. The molecule has 1 fully saturated rings. The van der Waals surface area contributed by atoms with E-state index in [0.29, 0.717) is 35.8 Å². The number of benzene rings is 2. The molecule has 1 aliphatic heterocycles. The Labute approximate surface area is 189 Å². The molecule has 1 saturated heterocycles. The molecule has 3 heterocycles. The molecule has 1 aliphatic rings. The van der Waals surface area contributed by atoms with Crippen LogP contribution in [0.1, 0.15) is 44.5 Å². The molecule has 6 nitrogen and oxygen atoms in total. The minimum atomic E-state index is -0.251. The topological polar surface area (TPSA) is 75.2 Å². The van der Waals surface area contributed by atoms with Crippen LogP contribution in [0.3, 0.4) is 0 Å². The maximum atomic E-state index is 13.1. The number of piperidine rings is 1. The fourth-order valence-electron chi connectivity index (χ4n) is 4.01. The summed E-state index contributed by atoms with van der Waals surface area (Å²) in [5, 5.41) is 4.01. The van der Waals surface area contributed by atoms with Crippen LogP contribution in [0.4, 0.5) is 5.69 Å². The highest BCUT2D eigenvalue weighted by Crippen LogP contribution is 2.34. The number of likely N-dealkylation sites (tertiary alicyclic amines) is 1. The third-order valence-corrected chi connectivity index (χ3v) is 6.93. The summed E-state index contributed by atoms with van der Waals surface area (Å²) in [5.41, 5.74) is 2.69. The quantitative estimate of drug-likeness (QED) is 0.485. The highest BCUT2D eigenvalue weighted by atomic mass is 32.1. The van der Waals surface area contributed by atoms with Crippen molar-refractivity contribution in [1.29, 1.82) is 0 Å². The van der Waals surface area contributed by atoms with E-state index in [0.717, 1.165) is 18.4 Å². The summed E-state index contributed by atoms with van der Waals surface area (Å²) in [7, 11) is 0. The number of anilines is 1. The Bertz CT molecular complexity index is 1230. The molecule has 7 heteroatoms. The van der Waals surface area contributed by atoms with Gasteiger partial charge in [-0.2, -0.15) is 0 Å². The van der Waals surface area contributed by atoms with Crippen LogP contribution in [0, 0.1) is 0 Å². The lowest BCUT2D eigenvalue weighted by molar-refractivity contribution is 0.0712. The van der Waals surface area contributed by atoms with E-state index in [-0.39, 0.29) is 11.8 Å². The third kappa shape index (κ3) is 4.24. The minimum Gasteiger partial charge on any atom is -0.339 e. The maximum absolute atomic E-state index is 13.1. The van der Waals surface area contributed by atoms with Crippen LogP contribution in [0.25, 0.3) is 10.2 Å². The van der Waals surface area contributed by atoms with E-state index < -0.39 is 0 Å². The molecule has 1 N–H and O–H groups in total. The summed E-state index contributed by atoms with van der Waals surface area (Å²) >= 11 is 1.76. The molecular formula is C25H22N4O2S. The van der Waals surface area contributed by atoms with Crippen molar-refractivity contribution in [3.05, 3.63) is 89.2 Å². The van der Waals surface area contributed by atoms with Crippen molar-refractivity contribution in [1.82, 2.24) is 14.9 Å². The Hall–Kier alpha value is -3.58. The molecule has 4 aromatic rings. The van der Waals surface area contributed by atoms with Gasteiger partial charge >= 0.3 is 0 Å². The van der Waals surface area contributed by atoms with Crippen molar-refractivity contribution >= 4 is 39.1 Å². The Morgan fingerprint density at radius 1 is 0.969 bits per heavy atom. The summed E-state index contributed by atoms with van der Waals surface area (Å²) in [6.07, 6.45) is 4.95. The van der Waals surface area contributed by atoms with Crippen molar-refractivity contribution < 1.29 is 9.59 Å². The molecule has 2 amide bonds. The maximum Gasteiger partial charge on any atom is 0.257 e. The second-order valence-corrected chi connectivity index (χ2v) is 8.93. The molecule has 2 aromatic carbocycles. The number of aromatic nitrogens is 2. The van der Waals surface area contributed by atoms with E-state index in [2.05, 4.69) is 16.4 Å². The number of thiazole rings is 1. The Morgan fingerprint density at radius 2 is 1.78 bits per heavy atom. The van der Waals surface area contributed by atoms with Gasteiger partial charge in [0.05, 0.1) is 20.8 Å². The summed E-state index contributed by atoms with van der Waals surface area (Å²) in [4.78, 5) is 36.1. The number of amides is 2. The van der Waals surface area contributed by atoms with Crippen LogP contribution < -0.4 is 5.32 Å². The lowest BCUT2D eigenvalue weighted by atomic mass is 9.97. The molecule has 0 bridgehead atoms. The summed E-state index contributed by atoms with van der Waals surface area (Å²) in [6, 6.07) is 18.7. The molecule has 160 valence electrons. The summed E-state index contributed by atoms with van der Waals surface area (Å²) in [6.45, 7) is 1.40. The number of nitrogens with one attached hydrogen (secondary N) is 1. The average Bonchev–Trinajstić information content (AvgIpc) is 3.29. The summed E-state index contributed by atoms with van der Waals surface area (Å²) < 4.78 is 1.21. The van der Waals surface area contributed by atoms with E-state index in [1.165, 1.54) is 15.9 Å². The average molecular weight is 443 g/mol. The highest BCUT2D eigenvalue weighted by molar-refractivity contribution is 7.18. The Balaban J connectivity index is 1.23. The fourth-order valence-corrected chi connectivity index (χ4v) is 5.14. The lowest BCUT2D eigenvalue weighted by Gasteiger charge is -2.31. The molecule has 0 atom stereocenters. The van der Waals surface area contributed by atoms with Gasteiger partial charge in [0, 0.05) is 42.7 Å². The van der Waals surface area contributed by atoms with E-state index in [1.807, 2.05) is 23.1 Å². The van der Waals surface area contributed by atoms with Crippen LogP contribution in [0.5, 0.6) is 0 Å². The number of carbonyl (C=O) groups excluding carboxylic acids is 2. The monoisotopic (exact) mass is 442 g/mol. The largest absolute Gasteiger partial charge is 0.339 e. The van der Waals surface area contributed by atoms with Gasteiger partial charge in [0.1, 0.15) is 0 Å². The number of para-hydroxylation sites is 1. The van der Waals surface area contributed by atoms with Gasteiger partial charge in [0.15, 0.2) is 0 Å². The van der Waals surface area contributed by atoms with Crippen LogP contribution in [0.15, 0.2) is 73.1 Å². The smallest absolute Gasteiger partial charge is 0.257 e. The fraction of sp³-hybridized carbons (Fsp3) is 0.200. The van der Waals surface area contributed by atoms with Crippen molar-refractivity contribution in [3.8, 4) is 0 Å². The van der Waals surface area contributed by atoms with Crippen LogP contribution in [-0.2, 0) is 0 Å². The number of hydrogen-bond acceptors (Lipinski definition) is 5. The van der Waals surface area contributed by atoms with Gasteiger partial charge in [-0.05, 0) is 55.3 Å². The Morgan fingerprint density at radius 3 is 2.56 bits per heavy atom. The number of fused-ring (bicyclic) bond motifs is 1. The minimum absolute atomic E-state index is 0.00905. The second kappa shape index (κ2) is 8.88. The number of nitrogens with zero attached hydrogens (tertiary/aromatic N) is 3. The third-order valence-electron chi connectivity index (χ3n) is 5.73. The van der Waals surface area contributed by atoms with Gasteiger partial charge in [-0.25, -0.2) is 4.98 Å². The first-order valence-corrected chi connectivity index (χ1v) is 11.5. The zero-order chi connectivity index (χ0) is 21.9. The van der Waals surface area contributed by atoms with Gasteiger partial charge in [-0.1, -0.05) is 18.2 Å². The normalized spacial score (nSPS) is 14.4. The van der Waals surface area contributed by atoms with E-state index in [9.17, 15) is 9.59 Å². The lowest BCUT2D eigenvalue weighted by Crippen LogP contribution is -2.37. The molecule has 5 rings (SSSR count). The summed E-state index contributed by atoms with van der Waals surface area (Å²) in [5.74, 6) is 0.131. The van der Waals surface area contributed by atoms with Gasteiger partial charge in [0.25, 0.3) is 11.8 Å². The van der Waals surface area contributed by atoms with Gasteiger partial charge in [-0.3, -0.25) is 14.6 Å². The van der Waals surface area contributed by atoms with E-state index >= 15 is 0 Å². The van der Waals surface area contributed by atoms with E-state index in [4.69, 9.17) is 4.98 Å². The van der Waals surface area contributed by atoms with Crippen molar-refractivity contribution in [2.75, 3.05) is 18.4 Å². The number of hydrogen-bond donors (Lipinski definition) is 1. The predicted molar refractivity (Wildman–Crippen MR) is 126 cm³/mol. The van der Waals surface area contributed by atoms with Crippen LogP contribution >= 0.6 is 11.3 Å². The highest BCUT2D eigenvalue weighted by Gasteiger charge is 2.26. The van der Waals surface area contributed by atoms with Gasteiger partial charge < -0.3 is 10.2 Å². The Kier molecular flexibility index (Phi) is 5.64. The number of pyridine rings is 1. The predicted octanol–water partition coefficient (Wildman–Crippen LogP) is 4.96. The van der Waals surface area contributed by atoms with Gasteiger partial charge in [-0.15, -0.1) is 11.3 Å². The SMILES string of the molecule is O=C(Nc1cccc(C(=O)N2CCC(c3nc4ccccc4s3)CC2)c1)c1cccnc1. The van der Waals surface area contributed by atoms with E-state index in [1.54, 1.807) is 53.9 Å². The molecule has 0 unspecified atom stereocenters. The first-order valence-electron chi connectivity index (χ1n) is 10.6. The molecule has 2 aromatic heterocycles. The molecule has 0 saturated carbocycles. The first kappa shape index (κ1) is 20.3. The number of rotatable bonds is 4. The van der Waals surface area contributed by atoms with Crippen LogP contribution in [-0.4, -0.2) is 39.8 Å². The molecule has 32 heavy (non-hydrogen) atoms. The molecular weight excluding hydrogens is 420 g/mol. The zero-order valence-corrected chi connectivity index (χ0v) is 18.2. The van der Waals surface area contributed by atoms with Crippen LogP contribution in [0.2, 0.25) is 0 Å². The standard InChI is InChI=1S/C25H22N4O2S/c30-23(19-6-4-12-26-16-19)27-20-7-3-5-18(15-20)25(31)29-13-10-17(11-14-29)24-28-21-8-1-2-9-22(21)32-24/h1-9,12,15-17H,10-11,13-14H2,(H,27,30). The zero-order valence-electron chi connectivity index (χ0n) is 17.4. The number of carbonyl (C=O) groups is 2. The van der Waals surface area contributed by atoms with Crippen molar-refractivity contribution in [2.24, 2.45) is 0 Å². The first-order chi connectivity index (χ1) is 15.7. The molecule has 0 radical (unpaired) electrons. The van der Waals surface area contributed by atoms with Crippen molar-refractivity contribution in [3.63, 3.8) is 0 Å². The molecule has 0 aliphatic carbocycles. The van der Waals surface area contributed by atoms with Crippen molar-refractivity contribution in [2.45, 2.75) is 18.8 Å². The van der Waals surface area contributed by atoms with Gasteiger partial charge in [0.2, 0.25) is 0 Å².